The topological polar surface area (TPSA) is 150 Å². The summed E-state index contributed by atoms with van der Waals surface area (Å²) in [5.74, 6) is -2.48. The normalized spacial score (nSPS) is 10.8. The molecule has 0 bridgehead atoms. The first-order valence-electron chi connectivity index (χ1n) is 4.87. The highest BCUT2D eigenvalue weighted by molar-refractivity contribution is 5.82. The second-order valence-corrected chi connectivity index (χ2v) is 3.06. The number of carboxylic acids is 2. The van der Waals surface area contributed by atoms with Crippen LogP contribution in [0.5, 0.6) is 0 Å². The van der Waals surface area contributed by atoms with E-state index in [1.54, 1.807) is 0 Å². The molecule has 8 nitrogen and oxygen atoms in total. The van der Waals surface area contributed by atoms with Gasteiger partial charge in [0.05, 0.1) is 6.61 Å². The number of carbonyl (C=O) groups excluding carboxylic acids is 1. The Labute approximate surface area is 98.4 Å². The Bertz CT molecular complexity index is 256. The van der Waals surface area contributed by atoms with E-state index in [0.717, 1.165) is 0 Å². The molecule has 0 aliphatic heterocycles. The Morgan fingerprint density at radius 1 is 1.29 bits per heavy atom. The van der Waals surface area contributed by atoms with Gasteiger partial charge in [0.25, 0.3) is 0 Å². The Hall–Kier alpha value is -1.67. The second-order valence-electron chi connectivity index (χ2n) is 3.06. The highest BCUT2D eigenvalue weighted by Gasteiger charge is 2.15. The van der Waals surface area contributed by atoms with Crippen LogP contribution in [0.15, 0.2) is 0 Å². The Morgan fingerprint density at radius 2 is 1.82 bits per heavy atom. The monoisotopic (exact) mass is 250 g/mol. The van der Waals surface area contributed by atoms with Crippen LogP contribution in [-0.4, -0.2) is 52.4 Å². The molecule has 8 heteroatoms. The average molecular weight is 250 g/mol. The molecule has 0 unspecified atom stereocenters. The number of nitrogens with two attached hydrogens (primary N) is 1. The summed E-state index contributed by atoms with van der Waals surface area (Å²) in [6.45, 7) is 1.06. The number of nitrogens with one attached hydrogen (secondary N) is 1. The molecule has 0 aliphatic carbocycles. The quantitative estimate of drug-likeness (QED) is 0.380. The van der Waals surface area contributed by atoms with Gasteiger partial charge in [-0.3, -0.25) is 9.59 Å². The summed E-state index contributed by atoms with van der Waals surface area (Å²) < 4.78 is 0. The number of hydrogen-bond donors (Lipinski definition) is 5. The fourth-order valence-corrected chi connectivity index (χ4v) is 0.684. The lowest BCUT2D eigenvalue weighted by Crippen LogP contribution is -2.42. The van der Waals surface area contributed by atoms with Crippen LogP contribution in [0.3, 0.4) is 0 Å². The fourth-order valence-electron chi connectivity index (χ4n) is 0.684. The number of amides is 1. The van der Waals surface area contributed by atoms with E-state index < -0.39 is 30.5 Å². The maximum atomic E-state index is 10.2. The zero-order chi connectivity index (χ0) is 13.8. The Balaban J connectivity index is 0. The number of aliphatic hydroxyl groups excluding tert-OH is 1. The van der Waals surface area contributed by atoms with Gasteiger partial charge in [0, 0.05) is 13.3 Å². The maximum Gasteiger partial charge on any atom is 0.328 e. The van der Waals surface area contributed by atoms with Gasteiger partial charge in [-0.25, -0.2) is 4.79 Å². The number of carboxylic acid groups (broad SMARTS) is 2. The van der Waals surface area contributed by atoms with E-state index in [1.807, 2.05) is 5.32 Å². The molecule has 0 spiro atoms. The number of carbonyl (C=O) groups is 3. The SMILES string of the molecule is CC(=O)N[C@@H](CO)C(=O)O.NCCCC(=O)O. The molecular formula is C9H18N2O6. The molecule has 1 atom stereocenters. The average Bonchev–Trinajstić information content (AvgIpc) is 2.23. The molecule has 0 saturated heterocycles. The van der Waals surface area contributed by atoms with E-state index in [9.17, 15) is 14.4 Å². The summed E-state index contributed by atoms with van der Waals surface area (Å²) in [7, 11) is 0. The fraction of sp³-hybridized carbons (Fsp3) is 0.667. The summed E-state index contributed by atoms with van der Waals surface area (Å²) in [4.78, 5) is 30.0. The molecule has 0 rings (SSSR count). The minimum absolute atomic E-state index is 0.191. The summed E-state index contributed by atoms with van der Waals surface area (Å²) in [5, 5.41) is 26.6. The minimum atomic E-state index is -1.24. The molecule has 0 aliphatic rings. The summed E-state index contributed by atoms with van der Waals surface area (Å²) >= 11 is 0. The molecular weight excluding hydrogens is 232 g/mol. The van der Waals surface area contributed by atoms with Crippen LogP contribution in [0, 0.1) is 0 Å². The van der Waals surface area contributed by atoms with Gasteiger partial charge in [-0.15, -0.1) is 0 Å². The van der Waals surface area contributed by atoms with Crippen molar-refractivity contribution in [2.45, 2.75) is 25.8 Å². The van der Waals surface area contributed by atoms with Crippen LogP contribution in [0.1, 0.15) is 19.8 Å². The minimum Gasteiger partial charge on any atom is -0.481 e. The molecule has 0 saturated carbocycles. The van der Waals surface area contributed by atoms with Crippen LogP contribution in [-0.2, 0) is 14.4 Å². The summed E-state index contributed by atoms with van der Waals surface area (Å²) in [6.07, 6.45) is 0.770. The number of hydrogen-bond acceptors (Lipinski definition) is 5. The molecule has 0 fully saturated rings. The first-order chi connectivity index (χ1) is 7.84. The van der Waals surface area contributed by atoms with Gasteiger partial charge >= 0.3 is 11.9 Å². The number of rotatable bonds is 6. The molecule has 6 N–H and O–H groups in total. The number of aliphatic carboxylic acids is 2. The lowest BCUT2D eigenvalue weighted by Gasteiger charge is -2.08. The van der Waals surface area contributed by atoms with Crippen LogP contribution in [0.25, 0.3) is 0 Å². The predicted molar refractivity (Wildman–Crippen MR) is 58.3 cm³/mol. The van der Waals surface area contributed by atoms with Crippen molar-refractivity contribution in [3.63, 3.8) is 0 Å². The van der Waals surface area contributed by atoms with Crippen molar-refractivity contribution in [1.29, 1.82) is 0 Å². The summed E-state index contributed by atoms with van der Waals surface area (Å²) in [5.41, 5.74) is 5.01. The highest BCUT2D eigenvalue weighted by atomic mass is 16.4. The van der Waals surface area contributed by atoms with Crippen molar-refractivity contribution in [3.8, 4) is 0 Å². The zero-order valence-corrected chi connectivity index (χ0v) is 9.55. The smallest absolute Gasteiger partial charge is 0.328 e. The lowest BCUT2D eigenvalue weighted by molar-refractivity contribution is -0.142. The van der Waals surface area contributed by atoms with E-state index in [-0.39, 0.29) is 6.42 Å². The molecule has 0 aromatic carbocycles. The van der Waals surface area contributed by atoms with Crippen molar-refractivity contribution < 1.29 is 29.7 Å². The Morgan fingerprint density at radius 3 is 1.94 bits per heavy atom. The third-order valence-electron chi connectivity index (χ3n) is 1.45. The van der Waals surface area contributed by atoms with Gasteiger partial charge in [0.2, 0.25) is 5.91 Å². The third-order valence-corrected chi connectivity index (χ3v) is 1.45. The number of aliphatic hydroxyl groups is 1. The molecule has 1 amide bonds. The van der Waals surface area contributed by atoms with Gasteiger partial charge < -0.3 is 26.4 Å². The van der Waals surface area contributed by atoms with Crippen LogP contribution < -0.4 is 11.1 Å². The van der Waals surface area contributed by atoms with Gasteiger partial charge in [0.1, 0.15) is 6.04 Å². The van der Waals surface area contributed by atoms with Crippen molar-refractivity contribution in [1.82, 2.24) is 5.32 Å². The second kappa shape index (κ2) is 10.8. The van der Waals surface area contributed by atoms with Crippen molar-refractivity contribution in [2.75, 3.05) is 13.2 Å². The first kappa shape index (κ1) is 17.7. The molecule has 100 valence electrons. The van der Waals surface area contributed by atoms with Gasteiger partial charge in [-0.2, -0.15) is 0 Å². The predicted octanol–water partition coefficient (Wildman–Crippen LogP) is -1.62. The highest BCUT2D eigenvalue weighted by Crippen LogP contribution is 1.82. The molecule has 0 radical (unpaired) electrons. The van der Waals surface area contributed by atoms with Crippen LogP contribution in [0.4, 0.5) is 0 Å². The molecule has 0 aromatic heterocycles. The van der Waals surface area contributed by atoms with E-state index in [0.29, 0.717) is 13.0 Å². The largest absolute Gasteiger partial charge is 0.481 e. The zero-order valence-electron chi connectivity index (χ0n) is 9.55. The van der Waals surface area contributed by atoms with E-state index in [4.69, 9.17) is 21.1 Å². The van der Waals surface area contributed by atoms with E-state index in [2.05, 4.69) is 0 Å². The maximum absolute atomic E-state index is 10.2. The van der Waals surface area contributed by atoms with E-state index >= 15 is 0 Å². The van der Waals surface area contributed by atoms with Gasteiger partial charge in [-0.1, -0.05) is 0 Å². The molecule has 0 heterocycles. The Kier molecular flexibility index (Phi) is 11.3. The third kappa shape index (κ3) is 14.3. The lowest BCUT2D eigenvalue weighted by atomic mass is 10.3. The van der Waals surface area contributed by atoms with Crippen LogP contribution >= 0.6 is 0 Å². The first-order valence-corrected chi connectivity index (χ1v) is 4.87. The summed E-state index contributed by atoms with van der Waals surface area (Å²) in [6, 6.07) is -1.18. The van der Waals surface area contributed by atoms with Gasteiger partial charge in [0.15, 0.2) is 0 Å². The van der Waals surface area contributed by atoms with Crippen LogP contribution in [0.2, 0.25) is 0 Å². The van der Waals surface area contributed by atoms with Crippen molar-refractivity contribution in [3.05, 3.63) is 0 Å². The van der Waals surface area contributed by atoms with Gasteiger partial charge in [-0.05, 0) is 13.0 Å². The molecule has 17 heavy (non-hydrogen) atoms. The van der Waals surface area contributed by atoms with Crippen molar-refractivity contribution in [2.24, 2.45) is 5.73 Å². The standard InChI is InChI=1S/C5H9NO4.C4H9NO2/c1-3(8)6-4(2-7)5(9)10;5-3-1-2-4(6)7/h4,7H,2H2,1H3,(H,6,8)(H,9,10);1-3,5H2,(H,6,7)/t4-;/m0./s1. The van der Waals surface area contributed by atoms with E-state index in [1.165, 1.54) is 6.92 Å². The molecule has 0 aromatic rings. The van der Waals surface area contributed by atoms with Crippen molar-refractivity contribution >= 4 is 17.8 Å².